The molecule has 238 valence electrons. The number of allylic oxidation sites excluding steroid dienone is 1. The minimum Gasteiger partial charge on any atom is -0.493 e. The molecule has 3 heterocycles. The van der Waals surface area contributed by atoms with Crippen molar-refractivity contribution in [2.75, 3.05) is 66.1 Å². The van der Waals surface area contributed by atoms with Gasteiger partial charge < -0.3 is 28.7 Å². The largest absolute Gasteiger partial charge is 0.493 e. The second-order valence-corrected chi connectivity index (χ2v) is 11.6. The summed E-state index contributed by atoms with van der Waals surface area (Å²) in [7, 11) is 6.50. The zero-order chi connectivity index (χ0) is 32.4. The van der Waals surface area contributed by atoms with Crippen LogP contribution in [0.5, 0.6) is 17.2 Å². The summed E-state index contributed by atoms with van der Waals surface area (Å²) in [5.41, 5.74) is 1.95. The molecule has 0 N–H and O–H groups in total. The molecule has 2 aliphatic heterocycles. The molecule has 2 aromatic carbocycles. The highest BCUT2D eigenvalue weighted by molar-refractivity contribution is 7.07. The minimum absolute atomic E-state index is 0.0809. The molecule has 5 rings (SSSR count). The summed E-state index contributed by atoms with van der Waals surface area (Å²) in [4.78, 5) is 48.3. The molecule has 1 atom stereocenters. The quantitative estimate of drug-likeness (QED) is 0.195. The van der Waals surface area contributed by atoms with E-state index in [2.05, 4.69) is 14.8 Å². The molecule has 0 spiro atoms. The number of non-ortho nitro benzene ring substituents is 1. The molecule has 45 heavy (non-hydrogen) atoms. The van der Waals surface area contributed by atoms with Crippen LogP contribution in [0.3, 0.4) is 0 Å². The van der Waals surface area contributed by atoms with Crippen LogP contribution in [0.2, 0.25) is 0 Å². The van der Waals surface area contributed by atoms with Crippen LogP contribution >= 0.6 is 11.3 Å². The molecule has 14 heteroatoms. The van der Waals surface area contributed by atoms with Crippen LogP contribution in [0.15, 0.2) is 51.4 Å². The Bertz CT molecular complexity index is 1830. The molecule has 13 nitrogen and oxygen atoms in total. The molecule has 2 aliphatic rings. The number of hydrogen-bond acceptors (Lipinski definition) is 12. The summed E-state index contributed by atoms with van der Waals surface area (Å²) in [5, 5.41) is 11.7. The highest BCUT2D eigenvalue weighted by Gasteiger charge is 2.35. The zero-order valence-electron chi connectivity index (χ0n) is 26.0. The number of nitrogens with zero attached hydrogens (tertiary/aromatic N) is 5. The SMILES string of the molecule is CCOC(=O)C1=C(C)N=c2sc(=Cc3cc([N+](=O)[O-])ccc3N3CCN(C)CC3)c(=O)n2[C@H]1c1cc(OC)c(OC)c(OC)c1. The molecular formula is C31H35N5O8S. The van der Waals surface area contributed by atoms with E-state index < -0.39 is 22.5 Å². The molecule has 3 aromatic rings. The molecule has 0 amide bonds. The second kappa shape index (κ2) is 13.1. The van der Waals surface area contributed by atoms with Crippen molar-refractivity contribution in [3.8, 4) is 17.2 Å². The molecule has 0 radical (unpaired) electrons. The number of hydrogen-bond donors (Lipinski definition) is 0. The minimum atomic E-state index is -0.932. The average molecular weight is 638 g/mol. The predicted octanol–water partition coefficient (Wildman–Crippen LogP) is 2.48. The van der Waals surface area contributed by atoms with E-state index in [1.807, 2.05) is 7.05 Å². The number of benzene rings is 2. The van der Waals surface area contributed by atoms with Gasteiger partial charge in [0.05, 0.1) is 54.7 Å². The van der Waals surface area contributed by atoms with Crippen LogP contribution in [0.1, 0.15) is 31.0 Å². The number of ether oxygens (including phenoxy) is 4. The van der Waals surface area contributed by atoms with Gasteiger partial charge in [-0.25, -0.2) is 9.79 Å². The van der Waals surface area contributed by atoms with Crippen molar-refractivity contribution < 1.29 is 28.7 Å². The van der Waals surface area contributed by atoms with Crippen molar-refractivity contribution >= 4 is 34.8 Å². The lowest BCUT2D eigenvalue weighted by Crippen LogP contribution is -2.44. The van der Waals surface area contributed by atoms with E-state index in [0.29, 0.717) is 43.4 Å². The van der Waals surface area contributed by atoms with Crippen LogP contribution in [0.25, 0.3) is 6.08 Å². The number of piperazine rings is 1. The van der Waals surface area contributed by atoms with E-state index in [4.69, 9.17) is 18.9 Å². The number of rotatable bonds is 9. The Balaban J connectivity index is 1.75. The first kappa shape index (κ1) is 31.7. The summed E-state index contributed by atoms with van der Waals surface area (Å²) in [6.45, 7) is 6.67. The van der Waals surface area contributed by atoms with Crippen molar-refractivity contribution in [2.24, 2.45) is 4.99 Å². The Morgan fingerprint density at radius 3 is 2.33 bits per heavy atom. The van der Waals surface area contributed by atoms with Gasteiger partial charge in [0.2, 0.25) is 5.75 Å². The Morgan fingerprint density at radius 2 is 1.76 bits per heavy atom. The highest BCUT2D eigenvalue weighted by atomic mass is 32.1. The van der Waals surface area contributed by atoms with Crippen LogP contribution < -0.4 is 34.0 Å². The van der Waals surface area contributed by atoms with Crippen molar-refractivity contribution in [3.05, 3.63) is 82.5 Å². The van der Waals surface area contributed by atoms with Gasteiger partial charge in [-0.05, 0) is 50.7 Å². The first-order chi connectivity index (χ1) is 21.6. The van der Waals surface area contributed by atoms with E-state index in [1.165, 1.54) is 38.0 Å². The summed E-state index contributed by atoms with van der Waals surface area (Å²) < 4.78 is 23.8. The summed E-state index contributed by atoms with van der Waals surface area (Å²) in [5.74, 6) is 0.444. The molecule has 0 unspecified atom stereocenters. The summed E-state index contributed by atoms with van der Waals surface area (Å²) >= 11 is 1.14. The lowest BCUT2D eigenvalue weighted by molar-refractivity contribution is -0.384. The number of anilines is 1. The third-order valence-corrected chi connectivity index (χ3v) is 8.86. The number of thiazole rings is 1. The maximum absolute atomic E-state index is 14.3. The summed E-state index contributed by atoms with van der Waals surface area (Å²) in [6.07, 6.45) is 1.67. The number of aromatic nitrogens is 1. The topological polar surface area (TPSA) is 138 Å². The fraction of sp³-hybridized carbons (Fsp3) is 0.387. The fourth-order valence-corrected chi connectivity index (χ4v) is 6.65. The smallest absolute Gasteiger partial charge is 0.338 e. The third-order valence-electron chi connectivity index (χ3n) is 7.87. The van der Waals surface area contributed by atoms with E-state index in [1.54, 1.807) is 38.1 Å². The van der Waals surface area contributed by atoms with Gasteiger partial charge in [-0.2, -0.15) is 0 Å². The fourth-order valence-electron chi connectivity index (χ4n) is 5.61. The lowest BCUT2D eigenvalue weighted by Gasteiger charge is -2.34. The van der Waals surface area contributed by atoms with Gasteiger partial charge in [-0.15, -0.1) is 0 Å². The number of nitro groups is 1. The molecule has 1 fully saturated rings. The molecule has 0 aliphatic carbocycles. The molecule has 1 aromatic heterocycles. The maximum Gasteiger partial charge on any atom is 0.338 e. The maximum atomic E-state index is 14.3. The van der Waals surface area contributed by atoms with Gasteiger partial charge in [0.15, 0.2) is 16.3 Å². The highest BCUT2D eigenvalue weighted by Crippen LogP contribution is 2.42. The number of methoxy groups -OCH3 is 3. The normalized spacial score (nSPS) is 17.1. The van der Waals surface area contributed by atoms with E-state index >= 15 is 0 Å². The van der Waals surface area contributed by atoms with Gasteiger partial charge in [-0.1, -0.05) is 11.3 Å². The number of esters is 1. The molecular weight excluding hydrogens is 602 g/mol. The Hall–Kier alpha value is -4.69. The van der Waals surface area contributed by atoms with Gasteiger partial charge in [0, 0.05) is 49.6 Å². The zero-order valence-corrected chi connectivity index (χ0v) is 26.8. The van der Waals surface area contributed by atoms with Gasteiger partial charge in [-0.3, -0.25) is 19.5 Å². The third kappa shape index (κ3) is 6.02. The number of likely N-dealkylation sites (N-methyl/N-ethyl adjacent to an activating group) is 1. The Morgan fingerprint density at radius 1 is 1.09 bits per heavy atom. The van der Waals surface area contributed by atoms with E-state index in [0.717, 1.165) is 43.2 Å². The van der Waals surface area contributed by atoms with Crippen LogP contribution in [-0.2, 0) is 9.53 Å². The number of carbonyl (C=O) groups excluding carboxylic acids is 1. The van der Waals surface area contributed by atoms with Gasteiger partial charge in [0.25, 0.3) is 11.2 Å². The first-order valence-electron chi connectivity index (χ1n) is 14.3. The van der Waals surface area contributed by atoms with Crippen LogP contribution in [0, 0.1) is 10.1 Å². The number of carbonyl (C=O) groups is 1. The predicted molar refractivity (Wildman–Crippen MR) is 169 cm³/mol. The Kier molecular flexibility index (Phi) is 9.25. The lowest BCUT2D eigenvalue weighted by atomic mass is 9.95. The molecule has 0 bridgehead atoms. The van der Waals surface area contributed by atoms with Crippen LogP contribution in [-0.4, -0.2) is 81.5 Å². The van der Waals surface area contributed by atoms with Gasteiger partial charge >= 0.3 is 5.97 Å². The standard InChI is InChI=1S/C31H35N5O8S/c1-7-44-30(38)26-18(2)32-31-35(27(26)20-15-23(41-4)28(43-6)24(16-20)42-5)29(37)25(45-31)17-19-14-21(36(39)40)8-9-22(19)34-12-10-33(3)11-13-34/h8-9,14-17,27H,7,10-13H2,1-6H3/t27-/m0/s1. The monoisotopic (exact) mass is 637 g/mol. The molecule has 1 saturated heterocycles. The van der Waals surface area contributed by atoms with Gasteiger partial charge in [0.1, 0.15) is 0 Å². The second-order valence-electron chi connectivity index (χ2n) is 10.6. The first-order valence-corrected chi connectivity index (χ1v) is 15.1. The van der Waals surface area contributed by atoms with Crippen molar-refractivity contribution in [3.63, 3.8) is 0 Å². The van der Waals surface area contributed by atoms with E-state index in [9.17, 15) is 19.7 Å². The van der Waals surface area contributed by atoms with Crippen molar-refractivity contribution in [2.45, 2.75) is 19.9 Å². The van der Waals surface area contributed by atoms with Crippen molar-refractivity contribution in [1.29, 1.82) is 0 Å². The summed E-state index contributed by atoms with van der Waals surface area (Å²) in [6, 6.07) is 7.14. The van der Waals surface area contributed by atoms with E-state index in [-0.39, 0.29) is 17.9 Å². The van der Waals surface area contributed by atoms with Crippen LogP contribution in [0.4, 0.5) is 11.4 Å². The number of fused-ring (bicyclic) bond motifs is 1. The van der Waals surface area contributed by atoms with Crippen molar-refractivity contribution in [1.82, 2.24) is 9.47 Å². The Labute approximate surface area is 263 Å². The number of nitro benzene ring substituents is 1. The molecule has 0 saturated carbocycles. The average Bonchev–Trinajstić information content (AvgIpc) is 3.33.